The van der Waals surface area contributed by atoms with E-state index in [0.29, 0.717) is 66.5 Å². The molecule has 7 nitrogen and oxygen atoms in total. The smallest absolute Gasteiger partial charge is 0.300 e. The summed E-state index contributed by atoms with van der Waals surface area (Å²) < 4.78 is 12.2. The molecule has 0 bridgehead atoms. The van der Waals surface area contributed by atoms with Gasteiger partial charge >= 0.3 is 0 Å². The average Bonchev–Trinajstić information content (AvgIpc) is 3.23. The SMILES string of the molecule is CC.CC(=O)O.CC1CCC2C(CO1)[C@H](C(C)C(O)C(O)C(C)[C@@H]1CC[C@@H](C)C3CC[C@@](C)(O)OCC31)CC[C@H]2C. The maximum atomic E-state index is 11.5. The quantitative estimate of drug-likeness (QED) is 0.297. The molecule has 14 atom stereocenters. The fraction of sp³-hybridized carbons (Fsp3) is 0.971. The number of hydrogen-bond donors (Lipinski definition) is 4. The Morgan fingerprint density at radius 2 is 1.20 bits per heavy atom. The van der Waals surface area contributed by atoms with Gasteiger partial charge in [0.1, 0.15) is 0 Å². The first-order valence-electron chi connectivity index (χ1n) is 16.8. The molecule has 7 heteroatoms. The number of hydrogen-bond acceptors (Lipinski definition) is 6. The normalized spacial score (nSPS) is 42.1. The topological polar surface area (TPSA) is 116 Å². The molecule has 4 fully saturated rings. The first-order valence-corrected chi connectivity index (χ1v) is 16.8. The third kappa shape index (κ3) is 9.63. The molecule has 2 saturated carbocycles. The van der Waals surface area contributed by atoms with Gasteiger partial charge in [-0.05, 0) is 105 Å². The summed E-state index contributed by atoms with van der Waals surface area (Å²) in [4.78, 5) is 9.00. The Morgan fingerprint density at radius 3 is 1.68 bits per heavy atom. The van der Waals surface area contributed by atoms with Crippen LogP contribution in [0.15, 0.2) is 0 Å². The van der Waals surface area contributed by atoms with Crippen molar-refractivity contribution < 1.29 is 34.7 Å². The highest BCUT2D eigenvalue weighted by atomic mass is 16.6. The molecule has 0 aromatic rings. The molecule has 2 aliphatic heterocycles. The van der Waals surface area contributed by atoms with Gasteiger partial charge < -0.3 is 29.9 Å². The van der Waals surface area contributed by atoms with E-state index in [1.54, 1.807) is 6.92 Å². The number of aliphatic carboxylic acids is 1. The lowest BCUT2D eigenvalue weighted by Gasteiger charge is -2.47. The van der Waals surface area contributed by atoms with Crippen LogP contribution in [-0.2, 0) is 14.3 Å². The minimum atomic E-state index is -1.05. The van der Waals surface area contributed by atoms with Crippen LogP contribution in [0, 0.1) is 59.2 Å². The summed E-state index contributed by atoms with van der Waals surface area (Å²) in [5, 5.41) is 41.1. The predicted molar refractivity (Wildman–Crippen MR) is 163 cm³/mol. The number of aliphatic hydroxyl groups is 3. The lowest BCUT2D eigenvalue weighted by atomic mass is 9.59. The van der Waals surface area contributed by atoms with Gasteiger partial charge in [0.15, 0.2) is 5.79 Å². The van der Waals surface area contributed by atoms with Crippen molar-refractivity contribution in [2.24, 2.45) is 59.2 Å². The monoisotopic (exact) mass is 584 g/mol. The first kappa shape index (κ1) is 36.5. The van der Waals surface area contributed by atoms with Gasteiger partial charge in [0, 0.05) is 13.3 Å². The number of fused-ring (bicyclic) bond motifs is 2. The Hall–Kier alpha value is -0.730. The molecule has 2 saturated heterocycles. The van der Waals surface area contributed by atoms with Gasteiger partial charge in [-0.3, -0.25) is 4.79 Å². The third-order valence-electron chi connectivity index (χ3n) is 11.4. The van der Waals surface area contributed by atoms with Crippen molar-refractivity contribution in [3.8, 4) is 0 Å². The highest BCUT2D eigenvalue weighted by Crippen LogP contribution is 2.50. The minimum absolute atomic E-state index is 0.00261. The summed E-state index contributed by atoms with van der Waals surface area (Å²) in [5.41, 5.74) is 0. The zero-order valence-electron chi connectivity index (χ0n) is 27.6. The van der Waals surface area contributed by atoms with Gasteiger partial charge in [0.05, 0.1) is 31.5 Å². The fourth-order valence-electron chi connectivity index (χ4n) is 8.74. The van der Waals surface area contributed by atoms with E-state index in [1.165, 1.54) is 12.8 Å². The van der Waals surface area contributed by atoms with Crippen LogP contribution in [0.2, 0.25) is 0 Å². The van der Waals surface area contributed by atoms with E-state index < -0.39 is 24.0 Å². The van der Waals surface area contributed by atoms with E-state index in [2.05, 4.69) is 34.6 Å². The Bertz CT molecular complexity index is 768. The van der Waals surface area contributed by atoms with Crippen molar-refractivity contribution in [3.63, 3.8) is 0 Å². The van der Waals surface area contributed by atoms with Crippen LogP contribution in [0.4, 0.5) is 0 Å². The molecule has 0 aromatic heterocycles. The van der Waals surface area contributed by atoms with Gasteiger partial charge in [-0.1, -0.05) is 54.4 Å². The summed E-state index contributed by atoms with van der Waals surface area (Å²) >= 11 is 0. The Balaban J connectivity index is 0.000000902. The summed E-state index contributed by atoms with van der Waals surface area (Å²) in [6, 6.07) is 0. The second-order valence-corrected chi connectivity index (χ2v) is 14.1. The Kier molecular flexibility index (Phi) is 14.6. The van der Waals surface area contributed by atoms with Crippen molar-refractivity contribution in [2.45, 2.75) is 138 Å². The van der Waals surface area contributed by atoms with Gasteiger partial charge in [-0.15, -0.1) is 0 Å². The van der Waals surface area contributed by atoms with Crippen molar-refractivity contribution >= 4 is 5.97 Å². The molecule has 0 amide bonds. The maximum Gasteiger partial charge on any atom is 0.300 e. The molecule has 2 heterocycles. The van der Waals surface area contributed by atoms with Crippen LogP contribution < -0.4 is 0 Å². The van der Waals surface area contributed by atoms with E-state index in [4.69, 9.17) is 19.4 Å². The van der Waals surface area contributed by atoms with Crippen molar-refractivity contribution in [2.75, 3.05) is 13.2 Å². The van der Waals surface area contributed by atoms with Gasteiger partial charge in [0.25, 0.3) is 5.97 Å². The molecule has 9 unspecified atom stereocenters. The van der Waals surface area contributed by atoms with Gasteiger partial charge in [0.2, 0.25) is 0 Å². The van der Waals surface area contributed by atoms with Crippen molar-refractivity contribution in [1.29, 1.82) is 0 Å². The maximum absolute atomic E-state index is 11.5. The lowest BCUT2D eigenvalue weighted by Crippen LogP contribution is -2.49. The van der Waals surface area contributed by atoms with E-state index in [-0.39, 0.29) is 11.8 Å². The van der Waals surface area contributed by atoms with Crippen LogP contribution in [-0.4, -0.2) is 63.7 Å². The molecule has 4 N–H and O–H groups in total. The lowest BCUT2D eigenvalue weighted by molar-refractivity contribution is -0.198. The summed E-state index contributed by atoms with van der Waals surface area (Å²) in [6.07, 6.45) is 7.39. The zero-order chi connectivity index (χ0) is 31.1. The summed E-state index contributed by atoms with van der Waals surface area (Å²) in [5.74, 6) is 2.19. The van der Waals surface area contributed by atoms with Crippen LogP contribution in [0.3, 0.4) is 0 Å². The van der Waals surface area contributed by atoms with Crippen LogP contribution >= 0.6 is 0 Å². The number of aliphatic hydroxyl groups excluding tert-OH is 2. The predicted octanol–water partition coefficient (Wildman–Crippen LogP) is 6.37. The number of rotatable bonds is 5. The molecule has 242 valence electrons. The summed E-state index contributed by atoms with van der Waals surface area (Å²) in [6.45, 7) is 19.4. The number of carboxylic acids is 1. The molecule has 0 spiro atoms. The third-order valence-corrected chi connectivity index (χ3v) is 11.4. The molecular weight excluding hydrogens is 520 g/mol. The standard InChI is InChI=1S/C30H54O5.C2H4O2.C2H6/c1-17-7-10-24(26-15-34-19(3)9-12-22(17)26)20(4)28(31)29(32)21(5)25-11-8-18(2)23-13-14-30(6,33)35-16-27(23)25;1-2(3)4;1-2/h17-29,31-33H,7-16H2,1-6H3;1H3,(H,3,4);1-2H3/t17-,18-,19?,20?,21?,22?,23?,24+,25+,26?,27?,28?,29?,30+;;/m1../s1. The fourth-order valence-corrected chi connectivity index (χ4v) is 8.74. The average molecular weight is 585 g/mol. The highest BCUT2D eigenvalue weighted by molar-refractivity contribution is 5.62. The number of carboxylic acid groups (broad SMARTS) is 1. The first-order chi connectivity index (χ1) is 19.2. The molecule has 0 aromatic carbocycles. The second kappa shape index (κ2) is 16.4. The van der Waals surface area contributed by atoms with Crippen LogP contribution in [0.1, 0.15) is 114 Å². The Morgan fingerprint density at radius 1 is 0.756 bits per heavy atom. The van der Waals surface area contributed by atoms with Crippen molar-refractivity contribution in [3.05, 3.63) is 0 Å². The molecular formula is C34H64O7. The number of ether oxygens (including phenoxy) is 2. The summed E-state index contributed by atoms with van der Waals surface area (Å²) in [7, 11) is 0. The van der Waals surface area contributed by atoms with E-state index in [9.17, 15) is 15.3 Å². The molecule has 41 heavy (non-hydrogen) atoms. The molecule has 4 aliphatic rings. The van der Waals surface area contributed by atoms with Crippen molar-refractivity contribution in [1.82, 2.24) is 0 Å². The number of carbonyl (C=O) groups is 1. The molecule has 0 radical (unpaired) electrons. The van der Waals surface area contributed by atoms with Crippen LogP contribution in [0.25, 0.3) is 0 Å². The second-order valence-electron chi connectivity index (χ2n) is 14.1. The zero-order valence-corrected chi connectivity index (χ0v) is 27.6. The Labute approximate surface area is 250 Å². The minimum Gasteiger partial charge on any atom is -0.481 e. The van der Waals surface area contributed by atoms with E-state index in [1.807, 2.05) is 13.8 Å². The van der Waals surface area contributed by atoms with Gasteiger partial charge in [-0.2, -0.15) is 0 Å². The largest absolute Gasteiger partial charge is 0.481 e. The highest BCUT2D eigenvalue weighted by Gasteiger charge is 2.48. The molecule has 2 aliphatic carbocycles. The molecule has 4 rings (SSSR count). The van der Waals surface area contributed by atoms with E-state index in [0.717, 1.165) is 45.6 Å². The van der Waals surface area contributed by atoms with Gasteiger partial charge in [-0.25, -0.2) is 0 Å². The van der Waals surface area contributed by atoms with E-state index >= 15 is 0 Å². The van der Waals surface area contributed by atoms with Crippen LogP contribution in [0.5, 0.6) is 0 Å².